The maximum absolute atomic E-state index is 12.7. The lowest BCUT2D eigenvalue weighted by Crippen LogP contribution is -2.14. The van der Waals surface area contributed by atoms with Crippen LogP contribution in [0.5, 0.6) is 11.5 Å². The second-order valence-corrected chi connectivity index (χ2v) is 8.10. The number of non-ortho nitro benzene ring substituents is 1. The van der Waals surface area contributed by atoms with Gasteiger partial charge in [-0.05, 0) is 60.4 Å². The number of aryl methyl sites for hydroxylation is 2. The first-order valence-electron chi connectivity index (χ1n) is 10.5. The largest absolute Gasteiger partial charge is 0.493 e. The van der Waals surface area contributed by atoms with E-state index in [4.69, 9.17) is 21.1 Å². The van der Waals surface area contributed by atoms with E-state index < -0.39 is 10.8 Å². The first-order chi connectivity index (χ1) is 16.7. The summed E-state index contributed by atoms with van der Waals surface area (Å²) in [6.07, 6.45) is 1.40. The average molecular weight is 492 g/mol. The topological polar surface area (TPSA) is 114 Å². The number of hydrogen-bond acceptors (Lipinski definition) is 6. The van der Waals surface area contributed by atoms with E-state index in [0.717, 1.165) is 11.1 Å². The third-order valence-electron chi connectivity index (χ3n) is 5.07. The first kappa shape index (κ1) is 25.3. The summed E-state index contributed by atoms with van der Waals surface area (Å²) in [7, 11) is 1.43. The van der Waals surface area contributed by atoms with E-state index in [2.05, 4.69) is 5.32 Å². The van der Waals surface area contributed by atoms with Crippen LogP contribution in [-0.2, 0) is 11.4 Å². The second kappa shape index (κ2) is 11.2. The van der Waals surface area contributed by atoms with Gasteiger partial charge in [-0.15, -0.1) is 0 Å². The normalized spacial score (nSPS) is 10.9. The molecule has 3 aromatic carbocycles. The summed E-state index contributed by atoms with van der Waals surface area (Å²) < 4.78 is 11.2. The number of nitriles is 1. The number of rotatable bonds is 8. The molecular weight excluding hydrogens is 470 g/mol. The number of hydrogen-bond donors (Lipinski definition) is 1. The molecule has 0 aromatic heterocycles. The number of carbonyl (C=O) groups is 1. The number of benzene rings is 3. The number of methoxy groups -OCH3 is 1. The van der Waals surface area contributed by atoms with Crippen LogP contribution in [0.2, 0.25) is 5.02 Å². The molecule has 0 fully saturated rings. The molecule has 35 heavy (non-hydrogen) atoms. The number of halogens is 1. The lowest BCUT2D eigenvalue weighted by atomic mass is 10.1. The molecule has 0 heterocycles. The van der Waals surface area contributed by atoms with E-state index in [1.165, 1.54) is 31.4 Å². The lowest BCUT2D eigenvalue weighted by molar-refractivity contribution is -0.384. The highest BCUT2D eigenvalue weighted by atomic mass is 35.5. The van der Waals surface area contributed by atoms with Crippen molar-refractivity contribution in [2.45, 2.75) is 20.5 Å². The minimum absolute atomic E-state index is 0.0225. The zero-order valence-corrected chi connectivity index (χ0v) is 20.1. The molecule has 0 aliphatic carbocycles. The molecule has 0 saturated heterocycles. The summed E-state index contributed by atoms with van der Waals surface area (Å²) in [6, 6.07) is 16.7. The minimum atomic E-state index is -0.553. The smallest absolute Gasteiger partial charge is 0.269 e. The Hall–Kier alpha value is -4.35. The van der Waals surface area contributed by atoms with Gasteiger partial charge in [-0.2, -0.15) is 5.26 Å². The van der Waals surface area contributed by atoms with Crippen molar-refractivity contribution in [3.05, 3.63) is 97.6 Å². The van der Waals surface area contributed by atoms with E-state index in [1.807, 2.05) is 38.1 Å². The quantitative estimate of drug-likeness (QED) is 0.179. The van der Waals surface area contributed by atoms with E-state index in [0.29, 0.717) is 16.8 Å². The van der Waals surface area contributed by atoms with E-state index >= 15 is 0 Å². The summed E-state index contributed by atoms with van der Waals surface area (Å²) in [5, 5.41) is 23.5. The van der Waals surface area contributed by atoms with Gasteiger partial charge in [0, 0.05) is 17.8 Å². The highest BCUT2D eigenvalue weighted by molar-refractivity contribution is 6.32. The Labute approximate surface area is 207 Å². The Morgan fingerprint density at radius 2 is 1.97 bits per heavy atom. The third-order valence-corrected chi connectivity index (χ3v) is 5.35. The Kier molecular flexibility index (Phi) is 8.08. The molecule has 1 N–H and O–H groups in total. The van der Waals surface area contributed by atoms with Gasteiger partial charge in [0.1, 0.15) is 18.2 Å². The van der Waals surface area contributed by atoms with E-state index in [-0.39, 0.29) is 34.4 Å². The number of nitro groups is 1. The van der Waals surface area contributed by atoms with Gasteiger partial charge >= 0.3 is 0 Å². The number of ether oxygens (including phenoxy) is 2. The van der Waals surface area contributed by atoms with E-state index in [1.54, 1.807) is 18.2 Å². The molecule has 9 heteroatoms. The molecule has 0 unspecified atom stereocenters. The van der Waals surface area contributed by atoms with Gasteiger partial charge in [-0.3, -0.25) is 14.9 Å². The summed E-state index contributed by atoms with van der Waals surface area (Å²) in [5.74, 6) is -0.0418. The van der Waals surface area contributed by atoms with Crippen molar-refractivity contribution in [1.29, 1.82) is 5.26 Å². The van der Waals surface area contributed by atoms with Crippen molar-refractivity contribution in [2.24, 2.45) is 0 Å². The molecular formula is C26H22ClN3O5. The van der Waals surface area contributed by atoms with Crippen molar-refractivity contribution in [1.82, 2.24) is 0 Å². The predicted octanol–water partition coefficient (Wildman–Crippen LogP) is 6.00. The van der Waals surface area contributed by atoms with Gasteiger partial charge in [-0.25, -0.2) is 0 Å². The summed E-state index contributed by atoms with van der Waals surface area (Å²) in [5.41, 5.74) is 3.35. The monoisotopic (exact) mass is 491 g/mol. The van der Waals surface area contributed by atoms with Gasteiger partial charge in [0.2, 0.25) is 0 Å². The summed E-state index contributed by atoms with van der Waals surface area (Å²) in [4.78, 5) is 23.2. The fourth-order valence-electron chi connectivity index (χ4n) is 3.25. The van der Waals surface area contributed by atoms with Gasteiger partial charge in [-0.1, -0.05) is 35.9 Å². The van der Waals surface area contributed by atoms with Crippen molar-refractivity contribution in [3.63, 3.8) is 0 Å². The zero-order valence-electron chi connectivity index (χ0n) is 19.3. The van der Waals surface area contributed by atoms with Crippen molar-refractivity contribution in [2.75, 3.05) is 12.4 Å². The number of nitrogens with one attached hydrogen (secondary N) is 1. The first-order valence-corrected chi connectivity index (χ1v) is 10.8. The van der Waals surface area contributed by atoms with Gasteiger partial charge < -0.3 is 14.8 Å². The maximum Gasteiger partial charge on any atom is 0.269 e. The number of carbonyl (C=O) groups excluding carboxylic acids is 1. The molecule has 8 nitrogen and oxygen atoms in total. The molecule has 0 aliphatic rings. The van der Waals surface area contributed by atoms with Crippen LogP contribution in [0.1, 0.15) is 22.3 Å². The predicted molar refractivity (Wildman–Crippen MR) is 134 cm³/mol. The van der Waals surface area contributed by atoms with Crippen LogP contribution in [-0.4, -0.2) is 17.9 Å². The Morgan fingerprint density at radius 3 is 2.66 bits per heavy atom. The van der Waals surface area contributed by atoms with Crippen LogP contribution in [0.3, 0.4) is 0 Å². The summed E-state index contributed by atoms with van der Waals surface area (Å²) >= 11 is 6.41. The highest BCUT2D eigenvalue weighted by Crippen LogP contribution is 2.37. The Morgan fingerprint density at radius 1 is 1.20 bits per heavy atom. The standard InChI is InChI=1S/C26H22ClN3O5/c1-16-7-8-17(2)23(9-16)29-26(31)20(14-28)10-19-12-22(27)25(24(13-19)34-3)35-15-18-5-4-6-21(11-18)30(32)33/h4-13H,15H2,1-3H3,(H,29,31)/b20-10+. The second-order valence-electron chi connectivity index (χ2n) is 7.69. The lowest BCUT2D eigenvalue weighted by Gasteiger charge is -2.14. The summed E-state index contributed by atoms with van der Waals surface area (Å²) in [6.45, 7) is 3.80. The van der Waals surface area contributed by atoms with Crippen molar-refractivity contribution in [3.8, 4) is 17.6 Å². The molecule has 0 spiro atoms. The molecule has 0 atom stereocenters. The Balaban J connectivity index is 1.83. The number of nitro benzene ring substituents is 1. The molecule has 1 amide bonds. The molecule has 178 valence electrons. The Bertz CT molecular complexity index is 1360. The molecule has 0 bridgehead atoms. The van der Waals surface area contributed by atoms with Crippen molar-refractivity contribution < 1.29 is 19.2 Å². The van der Waals surface area contributed by atoms with Crippen LogP contribution < -0.4 is 14.8 Å². The maximum atomic E-state index is 12.7. The van der Waals surface area contributed by atoms with Gasteiger partial charge in [0.15, 0.2) is 11.5 Å². The fraction of sp³-hybridized carbons (Fsp3) is 0.154. The number of nitrogens with zero attached hydrogens (tertiary/aromatic N) is 2. The van der Waals surface area contributed by atoms with Crippen molar-refractivity contribution >= 4 is 35.0 Å². The molecule has 3 rings (SSSR count). The van der Waals surface area contributed by atoms with Crippen LogP contribution in [0, 0.1) is 35.3 Å². The molecule has 0 radical (unpaired) electrons. The molecule has 0 aliphatic heterocycles. The van der Waals surface area contributed by atoms with Crippen LogP contribution in [0.15, 0.2) is 60.2 Å². The van der Waals surface area contributed by atoms with Gasteiger partial charge in [0.25, 0.3) is 11.6 Å². The molecule has 0 saturated carbocycles. The van der Waals surface area contributed by atoms with E-state index in [9.17, 15) is 20.2 Å². The third kappa shape index (κ3) is 6.37. The fourth-order valence-corrected chi connectivity index (χ4v) is 3.53. The number of anilines is 1. The van der Waals surface area contributed by atoms with Crippen LogP contribution in [0.4, 0.5) is 11.4 Å². The minimum Gasteiger partial charge on any atom is -0.493 e. The SMILES string of the molecule is COc1cc(/C=C(\C#N)C(=O)Nc2cc(C)ccc2C)cc(Cl)c1OCc1cccc([N+](=O)[O-])c1. The average Bonchev–Trinajstić information content (AvgIpc) is 2.83. The molecule has 3 aromatic rings. The number of amides is 1. The zero-order chi connectivity index (χ0) is 25.5. The van der Waals surface area contributed by atoms with Gasteiger partial charge in [0.05, 0.1) is 17.1 Å². The van der Waals surface area contributed by atoms with Crippen LogP contribution in [0.25, 0.3) is 6.08 Å². The highest BCUT2D eigenvalue weighted by Gasteiger charge is 2.16. The van der Waals surface area contributed by atoms with Crippen LogP contribution >= 0.6 is 11.6 Å².